The molecule has 30 heavy (non-hydrogen) atoms. The van der Waals surface area contributed by atoms with Crippen molar-refractivity contribution in [3.63, 3.8) is 0 Å². The third-order valence-corrected chi connectivity index (χ3v) is 10.8. The molecule has 0 heterocycles. The van der Waals surface area contributed by atoms with Gasteiger partial charge in [-0.1, -0.05) is 93.6 Å². The van der Waals surface area contributed by atoms with Crippen LogP contribution in [0.4, 0.5) is 0 Å². The molecule has 0 bridgehead atoms. The van der Waals surface area contributed by atoms with E-state index in [1.165, 1.54) is 10.4 Å². The third kappa shape index (κ3) is 4.93. The van der Waals surface area contributed by atoms with E-state index in [0.717, 1.165) is 0 Å². The number of aliphatic hydroxyl groups is 1. The van der Waals surface area contributed by atoms with E-state index in [4.69, 9.17) is 13.9 Å². The van der Waals surface area contributed by atoms with Gasteiger partial charge in [0.15, 0.2) is 0 Å². The molecule has 0 unspecified atom stereocenters. The van der Waals surface area contributed by atoms with Crippen molar-refractivity contribution in [2.24, 2.45) is 5.92 Å². The van der Waals surface area contributed by atoms with Crippen molar-refractivity contribution in [2.45, 2.75) is 44.4 Å². The van der Waals surface area contributed by atoms with Gasteiger partial charge >= 0.3 is 0 Å². The average Bonchev–Trinajstić information content (AvgIpc) is 2.75. The Morgan fingerprint density at radius 1 is 0.933 bits per heavy atom. The second-order valence-corrected chi connectivity index (χ2v) is 13.3. The minimum Gasteiger partial charge on any atom is -0.407 e. The molecule has 2 aromatic rings. The lowest BCUT2D eigenvalue weighted by molar-refractivity contribution is -0.111. The van der Waals surface area contributed by atoms with Crippen LogP contribution in [0.25, 0.3) is 0 Å². The number of methoxy groups -OCH3 is 1. The molecule has 0 fully saturated rings. The van der Waals surface area contributed by atoms with E-state index in [-0.39, 0.29) is 23.9 Å². The van der Waals surface area contributed by atoms with Crippen molar-refractivity contribution in [2.75, 3.05) is 20.5 Å². The Labute approximate surface area is 181 Å². The lowest BCUT2D eigenvalue weighted by Crippen LogP contribution is -2.67. The maximum Gasteiger partial charge on any atom is 0.261 e. The number of hydrogen-bond acceptors (Lipinski definition) is 4. The summed E-state index contributed by atoms with van der Waals surface area (Å²) in [6.45, 7) is 7.61. The van der Waals surface area contributed by atoms with Gasteiger partial charge in [0, 0.05) is 19.6 Å². The van der Waals surface area contributed by atoms with Crippen LogP contribution in [0, 0.1) is 5.92 Å². The molecule has 0 aliphatic heterocycles. The number of aliphatic hydroxyl groups excluding tert-OH is 1. The summed E-state index contributed by atoms with van der Waals surface area (Å²) in [7, 11) is -0.968. The summed E-state index contributed by atoms with van der Waals surface area (Å²) in [6, 6.07) is 21.3. The largest absolute Gasteiger partial charge is 0.407 e. The molecule has 3 rings (SSSR count). The molecule has 0 aromatic heterocycles. The number of hydrogen-bond donors (Lipinski definition) is 1. The Kier molecular flexibility index (Phi) is 7.66. The minimum atomic E-state index is -2.56. The molecule has 0 saturated heterocycles. The van der Waals surface area contributed by atoms with Gasteiger partial charge in [-0.2, -0.15) is 0 Å². The molecule has 162 valence electrons. The van der Waals surface area contributed by atoms with E-state index in [1.54, 1.807) is 7.11 Å². The summed E-state index contributed by atoms with van der Waals surface area (Å²) in [6.07, 6.45) is 3.71. The van der Waals surface area contributed by atoms with Crippen LogP contribution in [-0.2, 0) is 13.9 Å². The van der Waals surface area contributed by atoms with Crippen LogP contribution in [-0.4, -0.2) is 46.1 Å². The molecule has 4 nitrogen and oxygen atoms in total. The first kappa shape index (κ1) is 22.9. The first-order valence-electron chi connectivity index (χ1n) is 10.6. The maximum atomic E-state index is 10.2. The van der Waals surface area contributed by atoms with E-state index < -0.39 is 14.4 Å². The number of benzene rings is 2. The van der Waals surface area contributed by atoms with Gasteiger partial charge in [-0.25, -0.2) is 0 Å². The zero-order valence-electron chi connectivity index (χ0n) is 18.5. The van der Waals surface area contributed by atoms with E-state index in [2.05, 4.69) is 87.5 Å². The van der Waals surface area contributed by atoms with Crippen LogP contribution in [0.2, 0.25) is 5.04 Å². The van der Waals surface area contributed by atoms with Gasteiger partial charge < -0.3 is 19.0 Å². The lowest BCUT2D eigenvalue weighted by atomic mass is 9.92. The van der Waals surface area contributed by atoms with Gasteiger partial charge in [-0.05, 0) is 21.8 Å². The van der Waals surface area contributed by atoms with E-state index >= 15 is 0 Å². The standard InChI is InChI=1S/C25H34O4Si/c1-25(2,3)30(21-11-7-5-8-12-21,22-13-9-6-10-14-22)29-18-20-15-16-23(26)24(17-20)28-19-27-4/h5-16,20,23-24,26H,17-19H2,1-4H3/t20-,23-,24-/m1/s1. The Balaban J connectivity index is 1.91. The van der Waals surface area contributed by atoms with Crippen molar-refractivity contribution in [1.29, 1.82) is 0 Å². The summed E-state index contributed by atoms with van der Waals surface area (Å²) in [5.41, 5.74) is 0. The molecule has 0 radical (unpaired) electrons. The Hall–Kier alpha value is -1.76. The maximum absolute atomic E-state index is 10.2. The molecule has 2 aromatic carbocycles. The second-order valence-electron chi connectivity index (χ2n) is 8.96. The van der Waals surface area contributed by atoms with Crippen molar-refractivity contribution < 1.29 is 19.0 Å². The van der Waals surface area contributed by atoms with E-state index in [1.807, 2.05) is 6.08 Å². The Bertz CT molecular complexity index is 761. The Morgan fingerprint density at radius 2 is 1.50 bits per heavy atom. The third-order valence-electron chi connectivity index (χ3n) is 5.83. The predicted molar refractivity (Wildman–Crippen MR) is 124 cm³/mol. The van der Waals surface area contributed by atoms with Crippen LogP contribution < -0.4 is 10.4 Å². The fraction of sp³-hybridized carbons (Fsp3) is 0.440. The molecule has 1 aliphatic carbocycles. The van der Waals surface area contributed by atoms with Crippen molar-refractivity contribution in [3.8, 4) is 0 Å². The second kappa shape index (κ2) is 10.0. The fourth-order valence-electron chi connectivity index (χ4n) is 4.35. The highest BCUT2D eigenvalue weighted by Gasteiger charge is 2.50. The van der Waals surface area contributed by atoms with Gasteiger partial charge in [0.25, 0.3) is 8.32 Å². The van der Waals surface area contributed by atoms with Gasteiger partial charge in [-0.15, -0.1) is 0 Å². The first-order chi connectivity index (χ1) is 14.4. The predicted octanol–water partition coefficient (Wildman–Crippen LogP) is 3.49. The summed E-state index contributed by atoms with van der Waals surface area (Å²) >= 11 is 0. The quantitative estimate of drug-likeness (QED) is 0.399. The minimum absolute atomic E-state index is 0.0560. The highest BCUT2D eigenvalue weighted by Crippen LogP contribution is 2.37. The normalized spacial score (nSPS) is 22.2. The van der Waals surface area contributed by atoms with E-state index in [0.29, 0.717) is 13.0 Å². The molecule has 0 spiro atoms. The van der Waals surface area contributed by atoms with Gasteiger partial charge in [0.2, 0.25) is 0 Å². The molecule has 0 amide bonds. The molecular weight excluding hydrogens is 392 g/mol. The fourth-order valence-corrected chi connectivity index (χ4v) is 8.97. The zero-order valence-corrected chi connectivity index (χ0v) is 19.5. The highest BCUT2D eigenvalue weighted by molar-refractivity contribution is 6.99. The van der Waals surface area contributed by atoms with Crippen LogP contribution in [0.15, 0.2) is 72.8 Å². The van der Waals surface area contributed by atoms with Crippen molar-refractivity contribution in [1.82, 2.24) is 0 Å². The zero-order chi connectivity index (χ0) is 21.6. The lowest BCUT2D eigenvalue weighted by Gasteiger charge is -2.44. The summed E-state index contributed by atoms with van der Waals surface area (Å²) in [5.74, 6) is 0.178. The van der Waals surface area contributed by atoms with Gasteiger partial charge in [0.05, 0.1) is 12.2 Å². The molecule has 0 saturated carbocycles. The van der Waals surface area contributed by atoms with Gasteiger partial charge in [0.1, 0.15) is 6.79 Å². The monoisotopic (exact) mass is 426 g/mol. The van der Waals surface area contributed by atoms with Crippen molar-refractivity contribution in [3.05, 3.63) is 72.8 Å². The molecular formula is C25H34O4Si. The number of ether oxygens (including phenoxy) is 2. The van der Waals surface area contributed by atoms with Crippen LogP contribution in [0.1, 0.15) is 27.2 Å². The average molecular weight is 427 g/mol. The summed E-state index contributed by atoms with van der Waals surface area (Å²) in [4.78, 5) is 0. The van der Waals surface area contributed by atoms with E-state index in [9.17, 15) is 5.11 Å². The number of rotatable bonds is 8. The van der Waals surface area contributed by atoms with Gasteiger partial charge in [-0.3, -0.25) is 0 Å². The van der Waals surface area contributed by atoms with Crippen molar-refractivity contribution >= 4 is 18.7 Å². The topological polar surface area (TPSA) is 47.9 Å². The van der Waals surface area contributed by atoms with Crippen LogP contribution in [0.5, 0.6) is 0 Å². The van der Waals surface area contributed by atoms with Crippen LogP contribution in [0.3, 0.4) is 0 Å². The highest BCUT2D eigenvalue weighted by atomic mass is 28.4. The summed E-state index contributed by atoms with van der Waals surface area (Å²) < 4.78 is 17.7. The Morgan fingerprint density at radius 3 is 2.00 bits per heavy atom. The molecule has 1 N–H and O–H groups in total. The smallest absolute Gasteiger partial charge is 0.261 e. The van der Waals surface area contributed by atoms with Crippen LogP contribution >= 0.6 is 0 Å². The molecule has 3 atom stereocenters. The SMILES string of the molecule is COCO[C@@H]1C[C@H](CO[Si](c2ccccc2)(c2ccccc2)C(C)(C)C)C=C[C@H]1O. The molecule has 5 heteroatoms. The molecule has 1 aliphatic rings. The first-order valence-corrected chi connectivity index (χ1v) is 12.5. The summed E-state index contributed by atoms with van der Waals surface area (Å²) in [5, 5.41) is 12.7.